The van der Waals surface area contributed by atoms with Gasteiger partial charge in [0.05, 0.1) is 10.6 Å². The quantitative estimate of drug-likeness (QED) is 0.498. The minimum absolute atomic E-state index is 0.0419. The Balaban J connectivity index is 1.67. The molecule has 0 radical (unpaired) electrons. The molecular formula is C22H20ClN3O4S. The molecule has 0 saturated heterocycles. The van der Waals surface area contributed by atoms with Crippen molar-refractivity contribution in [3.8, 4) is 0 Å². The van der Waals surface area contributed by atoms with Gasteiger partial charge in [0.2, 0.25) is 5.91 Å². The molecule has 0 aliphatic heterocycles. The van der Waals surface area contributed by atoms with Crippen LogP contribution in [0.2, 0.25) is 5.02 Å². The summed E-state index contributed by atoms with van der Waals surface area (Å²) in [6.45, 7) is 1.67. The molecule has 0 aliphatic carbocycles. The summed E-state index contributed by atoms with van der Waals surface area (Å²) in [5.41, 5.74) is 2.02. The highest BCUT2D eigenvalue weighted by Gasteiger charge is 2.16. The molecule has 3 N–H and O–H groups in total. The van der Waals surface area contributed by atoms with Crippen LogP contribution in [0.15, 0.2) is 77.7 Å². The third-order valence-corrected chi connectivity index (χ3v) is 5.82. The highest BCUT2D eigenvalue weighted by molar-refractivity contribution is 7.92. The van der Waals surface area contributed by atoms with E-state index in [1.54, 1.807) is 42.5 Å². The molecule has 7 nitrogen and oxygen atoms in total. The summed E-state index contributed by atoms with van der Waals surface area (Å²) in [7, 11) is -3.89. The van der Waals surface area contributed by atoms with Gasteiger partial charge in [0.1, 0.15) is 0 Å². The van der Waals surface area contributed by atoms with Gasteiger partial charge in [0.25, 0.3) is 15.9 Å². The van der Waals surface area contributed by atoms with Crippen molar-refractivity contribution in [1.29, 1.82) is 0 Å². The first-order valence-electron chi connectivity index (χ1n) is 9.26. The van der Waals surface area contributed by atoms with Gasteiger partial charge < -0.3 is 10.6 Å². The second kappa shape index (κ2) is 9.63. The molecule has 3 aromatic rings. The second-order valence-corrected chi connectivity index (χ2v) is 8.82. The van der Waals surface area contributed by atoms with E-state index in [1.807, 2.05) is 0 Å². The zero-order valence-electron chi connectivity index (χ0n) is 16.6. The van der Waals surface area contributed by atoms with Gasteiger partial charge in [-0.25, -0.2) is 8.42 Å². The number of carbonyl (C=O) groups excluding carboxylic acids is 2. The average Bonchev–Trinajstić information content (AvgIpc) is 2.72. The predicted octanol–water partition coefficient (Wildman–Crippen LogP) is 4.03. The van der Waals surface area contributed by atoms with Crippen LogP contribution in [-0.4, -0.2) is 20.2 Å². The van der Waals surface area contributed by atoms with Crippen molar-refractivity contribution >= 4 is 44.8 Å². The Labute approximate surface area is 185 Å². The van der Waals surface area contributed by atoms with Gasteiger partial charge in [-0.3, -0.25) is 14.3 Å². The van der Waals surface area contributed by atoms with Crippen LogP contribution in [-0.2, 0) is 21.4 Å². The van der Waals surface area contributed by atoms with Gasteiger partial charge in [-0.2, -0.15) is 0 Å². The van der Waals surface area contributed by atoms with E-state index in [9.17, 15) is 18.0 Å². The fourth-order valence-corrected chi connectivity index (χ4v) is 4.05. The Bertz CT molecular complexity index is 1210. The lowest BCUT2D eigenvalue weighted by molar-refractivity contribution is -0.114. The molecule has 3 aromatic carbocycles. The van der Waals surface area contributed by atoms with E-state index < -0.39 is 15.9 Å². The SMILES string of the molecule is CC(=O)Nc1ccc(CNC(=O)c2cccc(S(=O)(=O)Nc3cccc(Cl)c3)c2)cc1. The smallest absolute Gasteiger partial charge is 0.261 e. The molecule has 31 heavy (non-hydrogen) atoms. The Morgan fingerprint density at radius 3 is 2.29 bits per heavy atom. The zero-order chi connectivity index (χ0) is 22.4. The average molecular weight is 458 g/mol. The van der Waals surface area contributed by atoms with E-state index in [0.29, 0.717) is 16.4 Å². The molecule has 0 bridgehead atoms. The third kappa shape index (κ3) is 6.31. The molecule has 0 atom stereocenters. The van der Waals surface area contributed by atoms with Gasteiger partial charge >= 0.3 is 0 Å². The summed E-state index contributed by atoms with van der Waals surface area (Å²) in [4.78, 5) is 23.5. The van der Waals surface area contributed by atoms with Crippen molar-refractivity contribution in [2.24, 2.45) is 0 Å². The van der Waals surface area contributed by atoms with Crippen LogP contribution in [0.25, 0.3) is 0 Å². The maximum Gasteiger partial charge on any atom is 0.261 e. The van der Waals surface area contributed by atoms with Crippen LogP contribution < -0.4 is 15.4 Å². The summed E-state index contributed by atoms with van der Waals surface area (Å²) < 4.78 is 27.8. The molecule has 0 saturated carbocycles. The Kier molecular flexibility index (Phi) is 6.94. The fraction of sp³-hybridized carbons (Fsp3) is 0.0909. The number of benzene rings is 3. The summed E-state index contributed by atoms with van der Waals surface area (Å²) in [6, 6.07) is 19.1. The number of rotatable bonds is 7. The Morgan fingerprint density at radius 1 is 0.903 bits per heavy atom. The number of amides is 2. The highest BCUT2D eigenvalue weighted by Crippen LogP contribution is 2.20. The van der Waals surface area contributed by atoms with Crippen molar-refractivity contribution < 1.29 is 18.0 Å². The topological polar surface area (TPSA) is 104 Å². The first-order valence-corrected chi connectivity index (χ1v) is 11.1. The summed E-state index contributed by atoms with van der Waals surface area (Å²) in [6.07, 6.45) is 0. The first kappa shape index (κ1) is 22.3. The van der Waals surface area contributed by atoms with E-state index in [1.165, 1.54) is 37.3 Å². The Hall–Kier alpha value is -3.36. The van der Waals surface area contributed by atoms with Gasteiger partial charge in [-0.05, 0) is 54.1 Å². The third-order valence-electron chi connectivity index (χ3n) is 4.21. The molecule has 0 aromatic heterocycles. The number of sulfonamides is 1. The van der Waals surface area contributed by atoms with Crippen molar-refractivity contribution in [2.45, 2.75) is 18.4 Å². The van der Waals surface area contributed by atoms with E-state index in [2.05, 4.69) is 15.4 Å². The number of carbonyl (C=O) groups is 2. The predicted molar refractivity (Wildman–Crippen MR) is 121 cm³/mol. The largest absolute Gasteiger partial charge is 0.348 e. The molecule has 0 spiro atoms. The molecule has 0 aliphatic rings. The number of anilines is 2. The van der Waals surface area contributed by atoms with E-state index in [-0.39, 0.29) is 22.9 Å². The second-order valence-electron chi connectivity index (χ2n) is 6.70. The summed E-state index contributed by atoms with van der Waals surface area (Å²) in [5, 5.41) is 5.82. The standard InChI is InChI=1S/C22H20ClN3O4S/c1-15(27)25-19-10-8-16(9-11-19)14-24-22(28)17-4-2-7-21(12-17)31(29,30)26-20-6-3-5-18(23)13-20/h2-13,26H,14H2,1H3,(H,24,28)(H,25,27). The minimum Gasteiger partial charge on any atom is -0.348 e. The van der Waals surface area contributed by atoms with E-state index in [0.717, 1.165) is 5.56 Å². The molecule has 9 heteroatoms. The van der Waals surface area contributed by atoms with E-state index in [4.69, 9.17) is 11.6 Å². The molecule has 0 heterocycles. The van der Waals surface area contributed by atoms with Crippen LogP contribution in [0.3, 0.4) is 0 Å². The number of nitrogens with one attached hydrogen (secondary N) is 3. The van der Waals surface area contributed by atoms with E-state index >= 15 is 0 Å². The fourth-order valence-electron chi connectivity index (χ4n) is 2.76. The maximum atomic E-state index is 12.7. The molecule has 0 fully saturated rings. The molecule has 160 valence electrons. The number of hydrogen-bond acceptors (Lipinski definition) is 4. The highest BCUT2D eigenvalue weighted by atomic mass is 35.5. The van der Waals surface area contributed by atoms with Gasteiger partial charge in [-0.15, -0.1) is 0 Å². The monoisotopic (exact) mass is 457 g/mol. The van der Waals surface area contributed by atoms with Crippen molar-refractivity contribution in [1.82, 2.24) is 5.32 Å². The van der Waals surface area contributed by atoms with Crippen molar-refractivity contribution in [3.05, 3.63) is 88.9 Å². The lowest BCUT2D eigenvalue weighted by Gasteiger charge is -2.10. The molecule has 0 unspecified atom stereocenters. The summed E-state index contributed by atoms with van der Waals surface area (Å²) >= 11 is 5.90. The molecule has 2 amide bonds. The minimum atomic E-state index is -3.89. The Morgan fingerprint density at radius 2 is 1.61 bits per heavy atom. The van der Waals surface area contributed by atoms with Crippen LogP contribution >= 0.6 is 11.6 Å². The van der Waals surface area contributed by atoms with Crippen molar-refractivity contribution in [3.63, 3.8) is 0 Å². The van der Waals surface area contributed by atoms with Gasteiger partial charge in [0.15, 0.2) is 0 Å². The number of halogens is 1. The van der Waals surface area contributed by atoms with Crippen molar-refractivity contribution in [2.75, 3.05) is 10.0 Å². The molecule has 3 rings (SSSR count). The zero-order valence-corrected chi connectivity index (χ0v) is 18.1. The van der Waals surface area contributed by atoms with Crippen LogP contribution in [0.4, 0.5) is 11.4 Å². The lowest BCUT2D eigenvalue weighted by atomic mass is 10.2. The van der Waals surface area contributed by atoms with Crippen LogP contribution in [0, 0.1) is 0 Å². The molecular weight excluding hydrogens is 438 g/mol. The maximum absolute atomic E-state index is 12.7. The van der Waals surface area contributed by atoms with Gasteiger partial charge in [-0.1, -0.05) is 35.9 Å². The summed E-state index contributed by atoms with van der Waals surface area (Å²) in [5.74, 6) is -0.577. The first-order chi connectivity index (χ1) is 14.7. The van der Waals surface area contributed by atoms with Crippen LogP contribution in [0.5, 0.6) is 0 Å². The lowest BCUT2D eigenvalue weighted by Crippen LogP contribution is -2.23. The van der Waals surface area contributed by atoms with Crippen LogP contribution in [0.1, 0.15) is 22.8 Å². The number of hydrogen-bond donors (Lipinski definition) is 3. The normalized spacial score (nSPS) is 10.9. The van der Waals surface area contributed by atoms with Gasteiger partial charge in [0, 0.05) is 29.7 Å².